The van der Waals surface area contributed by atoms with E-state index in [1.807, 2.05) is 30.3 Å². The van der Waals surface area contributed by atoms with Crippen LogP contribution in [0.2, 0.25) is 0 Å². The van der Waals surface area contributed by atoms with Crippen LogP contribution in [-0.2, 0) is 9.84 Å². The lowest BCUT2D eigenvalue weighted by molar-refractivity contribution is 0.292. The molecule has 0 aromatic heterocycles. The van der Waals surface area contributed by atoms with Crippen LogP contribution in [0.15, 0.2) is 30.3 Å². The van der Waals surface area contributed by atoms with Crippen LogP contribution < -0.4 is 5.32 Å². The summed E-state index contributed by atoms with van der Waals surface area (Å²) in [6, 6.07) is 9.76. The number of nitrogens with one attached hydrogen (secondary N) is 1. The van der Waals surface area contributed by atoms with E-state index in [0.717, 1.165) is 18.0 Å². The van der Waals surface area contributed by atoms with Crippen LogP contribution in [0.5, 0.6) is 0 Å². The Bertz CT molecular complexity index is 466. The van der Waals surface area contributed by atoms with Crippen molar-refractivity contribution in [2.45, 2.75) is 25.3 Å². The summed E-state index contributed by atoms with van der Waals surface area (Å²) in [5.41, 5.74) is 1.06. The quantitative estimate of drug-likeness (QED) is 0.859. The third-order valence-corrected chi connectivity index (χ3v) is 4.49. The number of benzene rings is 1. The van der Waals surface area contributed by atoms with Gasteiger partial charge in [0.2, 0.25) is 0 Å². The molecule has 1 aliphatic rings. The Morgan fingerprint density at radius 3 is 2.44 bits per heavy atom. The predicted octanol–water partition coefficient (Wildman–Crippen LogP) is 2.16. The van der Waals surface area contributed by atoms with Crippen molar-refractivity contribution in [3.63, 3.8) is 0 Å². The SMILES string of the molecule is CS(=O)(=O)CC(NCC1CCC1)c1ccccc1. The van der Waals surface area contributed by atoms with Gasteiger partial charge in [-0.2, -0.15) is 0 Å². The molecular weight excluding hydrogens is 246 g/mol. The van der Waals surface area contributed by atoms with Crippen molar-refractivity contribution in [3.8, 4) is 0 Å². The summed E-state index contributed by atoms with van der Waals surface area (Å²) in [6.45, 7) is 0.926. The van der Waals surface area contributed by atoms with Crippen LogP contribution in [0.4, 0.5) is 0 Å². The Morgan fingerprint density at radius 1 is 1.28 bits per heavy atom. The molecule has 0 saturated heterocycles. The zero-order valence-electron chi connectivity index (χ0n) is 10.8. The van der Waals surface area contributed by atoms with Gasteiger partial charge in [-0.15, -0.1) is 0 Å². The normalized spacial score (nSPS) is 18.3. The molecule has 0 bridgehead atoms. The Kier molecular flexibility index (Phi) is 4.40. The van der Waals surface area contributed by atoms with Crippen molar-refractivity contribution >= 4 is 9.84 Å². The smallest absolute Gasteiger partial charge is 0.149 e. The molecule has 1 N–H and O–H groups in total. The van der Waals surface area contributed by atoms with Crippen LogP contribution >= 0.6 is 0 Å². The summed E-state index contributed by atoms with van der Waals surface area (Å²) in [7, 11) is -2.97. The molecule has 18 heavy (non-hydrogen) atoms. The van der Waals surface area contributed by atoms with Gasteiger partial charge in [0.15, 0.2) is 0 Å². The van der Waals surface area contributed by atoms with E-state index in [1.54, 1.807) is 0 Å². The molecule has 4 heteroatoms. The summed E-state index contributed by atoms with van der Waals surface area (Å²) in [5, 5.41) is 3.42. The van der Waals surface area contributed by atoms with Crippen LogP contribution in [0, 0.1) is 5.92 Å². The Morgan fingerprint density at radius 2 is 1.94 bits per heavy atom. The van der Waals surface area contributed by atoms with Gasteiger partial charge in [0.05, 0.1) is 5.75 Å². The second-order valence-corrected chi connectivity index (χ2v) is 7.45. The van der Waals surface area contributed by atoms with E-state index in [-0.39, 0.29) is 11.8 Å². The van der Waals surface area contributed by atoms with Gasteiger partial charge >= 0.3 is 0 Å². The fraction of sp³-hybridized carbons (Fsp3) is 0.571. The molecule has 0 spiro atoms. The first-order valence-electron chi connectivity index (χ1n) is 6.50. The standard InChI is InChI=1S/C14H21NO2S/c1-18(16,17)11-14(13-8-3-2-4-9-13)15-10-12-6-5-7-12/h2-4,8-9,12,14-15H,5-7,10-11H2,1H3. The highest BCUT2D eigenvalue weighted by molar-refractivity contribution is 7.90. The van der Waals surface area contributed by atoms with Crippen LogP contribution in [0.25, 0.3) is 0 Å². The molecule has 0 aliphatic heterocycles. The van der Waals surface area contributed by atoms with Gasteiger partial charge in [0, 0.05) is 12.3 Å². The Balaban J connectivity index is 2.02. The Hall–Kier alpha value is -0.870. The lowest BCUT2D eigenvalue weighted by Crippen LogP contribution is -2.34. The molecule has 3 nitrogen and oxygen atoms in total. The lowest BCUT2D eigenvalue weighted by atomic mass is 9.85. The summed E-state index contributed by atoms with van der Waals surface area (Å²) in [6.07, 6.45) is 5.16. The monoisotopic (exact) mass is 267 g/mol. The molecule has 1 atom stereocenters. The molecule has 0 amide bonds. The molecule has 0 heterocycles. The van der Waals surface area contributed by atoms with Crippen molar-refractivity contribution in [2.75, 3.05) is 18.6 Å². The zero-order chi connectivity index (χ0) is 13.0. The molecule has 2 rings (SSSR count). The van der Waals surface area contributed by atoms with E-state index in [1.165, 1.54) is 25.5 Å². The van der Waals surface area contributed by atoms with Crippen LogP contribution in [0.3, 0.4) is 0 Å². The first-order valence-corrected chi connectivity index (χ1v) is 8.57. The minimum atomic E-state index is -2.97. The number of hydrogen-bond acceptors (Lipinski definition) is 3. The number of hydrogen-bond donors (Lipinski definition) is 1. The Labute approximate surface area is 110 Å². The van der Waals surface area contributed by atoms with Crippen molar-refractivity contribution in [2.24, 2.45) is 5.92 Å². The third-order valence-electron chi connectivity index (χ3n) is 3.55. The highest BCUT2D eigenvalue weighted by Gasteiger charge is 2.21. The number of rotatable bonds is 6. The van der Waals surface area contributed by atoms with Gasteiger partial charge in [-0.3, -0.25) is 0 Å². The first kappa shape index (κ1) is 13.6. The maximum absolute atomic E-state index is 11.5. The first-order chi connectivity index (χ1) is 8.54. The molecule has 1 aromatic carbocycles. The van der Waals surface area contributed by atoms with Gasteiger partial charge in [-0.25, -0.2) is 8.42 Å². The largest absolute Gasteiger partial charge is 0.309 e. The third kappa shape index (κ3) is 4.10. The van der Waals surface area contributed by atoms with Crippen molar-refractivity contribution in [3.05, 3.63) is 35.9 Å². The average Bonchev–Trinajstić information content (AvgIpc) is 2.25. The molecular formula is C14H21NO2S. The number of sulfone groups is 1. The minimum Gasteiger partial charge on any atom is -0.309 e. The van der Waals surface area contributed by atoms with Crippen molar-refractivity contribution < 1.29 is 8.42 Å². The molecule has 100 valence electrons. The molecule has 1 fully saturated rings. The molecule has 0 radical (unpaired) electrons. The van der Waals surface area contributed by atoms with Crippen molar-refractivity contribution in [1.82, 2.24) is 5.32 Å². The molecule has 1 saturated carbocycles. The highest BCUT2D eigenvalue weighted by Crippen LogP contribution is 2.26. The van der Waals surface area contributed by atoms with Gasteiger partial charge in [0.25, 0.3) is 0 Å². The molecule has 1 aliphatic carbocycles. The molecule has 1 unspecified atom stereocenters. The summed E-state index contributed by atoms with van der Waals surface area (Å²) in [5.74, 6) is 0.903. The lowest BCUT2D eigenvalue weighted by Gasteiger charge is -2.28. The minimum absolute atomic E-state index is 0.0817. The van der Waals surface area contributed by atoms with Crippen LogP contribution in [0.1, 0.15) is 30.9 Å². The van der Waals surface area contributed by atoms with Gasteiger partial charge in [-0.05, 0) is 30.9 Å². The van der Waals surface area contributed by atoms with E-state index in [9.17, 15) is 8.42 Å². The summed E-state index contributed by atoms with van der Waals surface area (Å²) >= 11 is 0. The maximum atomic E-state index is 11.5. The van der Waals surface area contributed by atoms with Crippen molar-refractivity contribution in [1.29, 1.82) is 0 Å². The molecule has 1 aromatic rings. The van der Waals surface area contributed by atoms with Crippen LogP contribution in [-0.4, -0.2) is 27.0 Å². The second-order valence-electron chi connectivity index (χ2n) is 5.26. The second kappa shape index (κ2) is 5.85. The fourth-order valence-corrected chi connectivity index (χ4v) is 3.18. The summed E-state index contributed by atoms with van der Waals surface area (Å²) < 4.78 is 23.0. The van der Waals surface area contributed by atoms with E-state index < -0.39 is 9.84 Å². The van der Waals surface area contributed by atoms with Gasteiger partial charge < -0.3 is 5.32 Å². The average molecular weight is 267 g/mol. The van der Waals surface area contributed by atoms with E-state index in [0.29, 0.717) is 0 Å². The van der Waals surface area contributed by atoms with E-state index >= 15 is 0 Å². The predicted molar refractivity (Wildman–Crippen MR) is 74.2 cm³/mol. The highest BCUT2D eigenvalue weighted by atomic mass is 32.2. The maximum Gasteiger partial charge on any atom is 0.149 e. The summed E-state index contributed by atoms with van der Waals surface area (Å²) in [4.78, 5) is 0. The zero-order valence-corrected chi connectivity index (χ0v) is 11.6. The fourth-order valence-electron chi connectivity index (χ4n) is 2.27. The van der Waals surface area contributed by atoms with Gasteiger partial charge in [0.1, 0.15) is 9.84 Å². The van der Waals surface area contributed by atoms with Gasteiger partial charge in [-0.1, -0.05) is 36.8 Å². The van der Waals surface area contributed by atoms with E-state index in [4.69, 9.17) is 0 Å². The topological polar surface area (TPSA) is 46.2 Å². The van der Waals surface area contributed by atoms with E-state index in [2.05, 4.69) is 5.32 Å².